The first-order chi connectivity index (χ1) is 8.19. The van der Waals surface area contributed by atoms with Crippen molar-refractivity contribution in [1.29, 1.82) is 0 Å². The molecule has 6 heteroatoms. The molecule has 1 amide bonds. The molecule has 0 fully saturated rings. The molecule has 1 rings (SSSR count). The lowest BCUT2D eigenvalue weighted by molar-refractivity contribution is 0.0519. The number of alkyl carbamates (subject to hydrolysis) is 1. The zero-order valence-electron chi connectivity index (χ0n) is 10.9. The van der Waals surface area contributed by atoms with Gasteiger partial charge in [-0.2, -0.15) is 0 Å². The molecule has 0 unspecified atom stereocenters. The van der Waals surface area contributed by atoms with Crippen molar-refractivity contribution in [2.75, 3.05) is 0 Å². The van der Waals surface area contributed by atoms with Crippen molar-refractivity contribution in [2.24, 2.45) is 0 Å². The van der Waals surface area contributed by atoms with E-state index in [1.54, 1.807) is 27.7 Å². The third-order valence-electron chi connectivity index (χ3n) is 2.01. The number of ether oxygens (including phenoxy) is 1. The van der Waals surface area contributed by atoms with Gasteiger partial charge in [-0.3, -0.25) is 0 Å². The van der Waals surface area contributed by atoms with Crippen molar-refractivity contribution in [2.45, 2.75) is 39.8 Å². The summed E-state index contributed by atoms with van der Waals surface area (Å²) in [6, 6.07) is 1.38. The van der Waals surface area contributed by atoms with E-state index in [1.165, 1.54) is 6.07 Å². The zero-order chi connectivity index (χ0) is 13.9. The normalized spacial score (nSPS) is 11.1. The Morgan fingerprint density at radius 2 is 2.06 bits per heavy atom. The van der Waals surface area contributed by atoms with E-state index in [0.717, 1.165) is 0 Å². The minimum atomic E-state index is -1.06. The van der Waals surface area contributed by atoms with E-state index in [9.17, 15) is 9.59 Å². The van der Waals surface area contributed by atoms with Crippen LogP contribution in [-0.4, -0.2) is 22.8 Å². The van der Waals surface area contributed by atoms with E-state index in [4.69, 9.17) is 14.3 Å². The molecule has 2 N–H and O–H groups in total. The summed E-state index contributed by atoms with van der Waals surface area (Å²) < 4.78 is 10.2. The van der Waals surface area contributed by atoms with Crippen LogP contribution in [0, 0.1) is 6.92 Å². The second-order valence-corrected chi connectivity index (χ2v) is 4.84. The van der Waals surface area contributed by atoms with Gasteiger partial charge in [0.1, 0.15) is 22.7 Å². The summed E-state index contributed by atoms with van der Waals surface area (Å²) >= 11 is 0. The van der Waals surface area contributed by atoms with E-state index in [-0.39, 0.29) is 12.1 Å². The van der Waals surface area contributed by atoms with Crippen molar-refractivity contribution >= 4 is 12.1 Å². The Morgan fingerprint density at radius 3 is 2.50 bits per heavy atom. The molecule has 0 spiro atoms. The van der Waals surface area contributed by atoms with Crippen LogP contribution >= 0.6 is 0 Å². The molecular formula is C12H17NO5. The maximum Gasteiger partial charge on any atom is 0.408 e. The van der Waals surface area contributed by atoms with Crippen LogP contribution in [-0.2, 0) is 11.3 Å². The quantitative estimate of drug-likeness (QED) is 0.865. The molecular weight excluding hydrogens is 238 g/mol. The molecule has 0 bridgehead atoms. The predicted octanol–water partition coefficient (Wildman–Crippen LogP) is 2.31. The fraction of sp³-hybridized carbons (Fsp3) is 0.500. The fourth-order valence-corrected chi connectivity index (χ4v) is 1.32. The Morgan fingerprint density at radius 1 is 1.44 bits per heavy atom. The second-order valence-electron chi connectivity index (χ2n) is 4.84. The largest absolute Gasteiger partial charge is 0.478 e. The topological polar surface area (TPSA) is 88.8 Å². The average Bonchev–Trinajstić information content (AvgIpc) is 2.54. The maximum atomic E-state index is 11.4. The monoisotopic (exact) mass is 255 g/mol. The van der Waals surface area contributed by atoms with Gasteiger partial charge in [-0.1, -0.05) is 0 Å². The Balaban J connectivity index is 2.57. The number of nitrogens with one attached hydrogen (secondary N) is 1. The summed E-state index contributed by atoms with van der Waals surface area (Å²) in [5, 5.41) is 11.3. The number of rotatable bonds is 3. The number of carbonyl (C=O) groups is 2. The number of hydrogen-bond acceptors (Lipinski definition) is 4. The molecule has 1 aromatic rings. The molecule has 0 aliphatic heterocycles. The number of hydrogen-bond donors (Lipinski definition) is 2. The van der Waals surface area contributed by atoms with Gasteiger partial charge in [0.05, 0.1) is 6.54 Å². The average molecular weight is 255 g/mol. The van der Waals surface area contributed by atoms with Crippen LogP contribution in [0.4, 0.5) is 4.79 Å². The van der Waals surface area contributed by atoms with Gasteiger partial charge in [-0.05, 0) is 33.8 Å². The maximum absolute atomic E-state index is 11.4. The van der Waals surface area contributed by atoms with E-state index in [1.807, 2.05) is 0 Å². The molecule has 0 aromatic carbocycles. The second kappa shape index (κ2) is 5.12. The molecule has 18 heavy (non-hydrogen) atoms. The number of carboxylic acid groups (broad SMARTS) is 1. The fourth-order valence-electron chi connectivity index (χ4n) is 1.32. The third kappa shape index (κ3) is 4.12. The van der Waals surface area contributed by atoms with Gasteiger partial charge < -0.3 is 19.6 Å². The number of furan rings is 1. The Hall–Kier alpha value is -1.98. The molecule has 0 atom stereocenters. The van der Waals surface area contributed by atoms with Gasteiger partial charge in [0.2, 0.25) is 0 Å². The highest BCUT2D eigenvalue weighted by atomic mass is 16.6. The summed E-state index contributed by atoms with van der Waals surface area (Å²) in [5.41, 5.74) is -0.481. The molecule has 0 aliphatic carbocycles. The van der Waals surface area contributed by atoms with Crippen molar-refractivity contribution < 1.29 is 23.8 Å². The highest BCUT2D eigenvalue weighted by molar-refractivity contribution is 5.88. The smallest absolute Gasteiger partial charge is 0.408 e. The van der Waals surface area contributed by atoms with Crippen LogP contribution in [0.5, 0.6) is 0 Å². The number of aromatic carboxylic acids is 1. The number of amides is 1. The van der Waals surface area contributed by atoms with Gasteiger partial charge in [0, 0.05) is 0 Å². The predicted molar refractivity (Wildman–Crippen MR) is 63.5 cm³/mol. The van der Waals surface area contributed by atoms with Gasteiger partial charge in [0.15, 0.2) is 0 Å². The molecule has 0 saturated carbocycles. The summed E-state index contributed by atoms with van der Waals surface area (Å²) in [5.74, 6) is -0.376. The van der Waals surface area contributed by atoms with Crippen LogP contribution in [0.2, 0.25) is 0 Å². The first kappa shape index (κ1) is 14.1. The van der Waals surface area contributed by atoms with E-state index in [0.29, 0.717) is 11.5 Å². The summed E-state index contributed by atoms with van der Waals surface area (Å²) in [7, 11) is 0. The van der Waals surface area contributed by atoms with E-state index < -0.39 is 17.7 Å². The van der Waals surface area contributed by atoms with E-state index in [2.05, 4.69) is 5.32 Å². The SMILES string of the molecule is Cc1oc(CNC(=O)OC(C)(C)C)cc1C(=O)O. The number of carbonyl (C=O) groups excluding carboxylic acids is 1. The first-order valence-corrected chi connectivity index (χ1v) is 5.48. The van der Waals surface area contributed by atoms with Crippen molar-refractivity contribution in [3.05, 3.63) is 23.2 Å². The lowest BCUT2D eigenvalue weighted by Gasteiger charge is -2.19. The minimum Gasteiger partial charge on any atom is -0.478 e. The van der Waals surface area contributed by atoms with Crippen LogP contribution in [0.3, 0.4) is 0 Å². The van der Waals surface area contributed by atoms with Crippen LogP contribution in [0.15, 0.2) is 10.5 Å². The van der Waals surface area contributed by atoms with Gasteiger partial charge in [0.25, 0.3) is 0 Å². The molecule has 1 aromatic heterocycles. The highest BCUT2D eigenvalue weighted by Gasteiger charge is 2.17. The van der Waals surface area contributed by atoms with Crippen LogP contribution in [0.1, 0.15) is 42.6 Å². The molecule has 6 nitrogen and oxygen atoms in total. The first-order valence-electron chi connectivity index (χ1n) is 5.48. The molecule has 0 saturated heterocycles. The summed E-state index contributed by atoms with van der Waals surface area (Å²) in [6.45, 7) is 6.91. The zero-order valence-corrected chi connectivity index (χ0v) is 10.9. The van der Waals surface area contributed by atoms with Crippen molar-refractivity contribution in [3.63, 3.8) is 0 Å². The van der Waals surface area contributed by atoms with Crippen molar-refractivity contribution in [3.8, 4) is 0 Å². The summed E-state index contributed by atoms with van der Waals surface area (Å²) in [4.78, 5) is 22.2. The minimum absolute atomic E-state index is 0.0863. The van der Waals surface area contributed by atoms with Crippen molar-refractivity contribution in [1.82, 2.24) is 5.32 Å². The Kier molecular flexibility index (Phi) is 4.00. The molecule has 0 aliphatic rings. The number of carboxylic acids is 1. The van der Waals surface area contributed by atoms with Crippen LogP contribution < -0.4 is 5.32 Å². The highest BCUT2D eigenvalue weighted by Crippen LogP contribution is 2.14. The van der Waals surface area contributed by atoms with Gasteiger partial charge in [-0.15, -0.1) is 0 Å². The van der Waals surface area contributed by atoms with E-state index >= 15 is 0 Å². The molecule has 100 valence electrons. The standard InChI is InChI=1S/C12H17NO5/c1-7-9(10(14)15)5-8(17-7)6-13-11(16)18-12(2,3)4/h5H,6H2,1-4H3,(H,13,16)(H,14,15). The number of aryl methyl sites for hydroxylation is 1. The van der Waals surface area contributed by atoms with Crippen LogP contribution in [0.25, 0.3) is 0 Å². The third-order valence-corrected chi connectivity index (χ3v) is 2.01. The Bertz CT molecular complexity index is 456. The molecule has 1 heterocycles. The van der Waals surface area contributed by atoms with Gasteiger partial charge in [-0.25, -0.2) is 9.59 Å². The lowest BCUT2D eigenvalue weighted by Crippen LogP contribution is -2.32. The Labute approximate surface area is 105 Å². The summed E-state index contributed by atoms with van der Waals surface area (Å²) in [6.07, 6.45) is -0.576. The lowest BCUT2D eigenvalue weighted by atomic mass is 10.2. The van der Waals surface area contributed by atoms with Gasteiger partial charge >= 0.3 is 12.1 Å². The molecule has 0 radical (unpaired) electrons.